The molecule has 0 amide bonds. The number of rotatable bonds is 45. The number of esters is 7. The van der Waals surface area contributed by atoms with Crippen molar-refractivity contribution < 1.29 is 115 Å². The number of nitrogens with one attached hydrogen (secondary N) is 1. The lowest BCUT2D eigenvalue weighted by Gasteiger charge is -2.36. The Labute approximate surface area is 702 Å². The van der Waals surface area contributed by atoms with Crippen LogP contribution in [0.1, 0.15) is 282 Å². The van der Waals surface area contributed by atoms with Crippen LogP contribution >= 0.6 is 0 Å². The first-order chi connectivity index (χ1) is 54.6. The molecule has 4 fully saturated rings. The highest BCUT2D eigenvalue weighted by atomic mass is 28.4. The van der Waals surface area contributed by atoms with Crippen LogP contribution in [0, 0.1) is 23.7 Å². The zero-order valence-corrected chi connectivity index (χ0v) is 78.7. The zero-order chi connectivity index (χ0) is 87.9. The van der Waals surface area contributed by atoms with Crippen LogP contribution in [-0.4, -0.2) is 242 Å². The van der Waals surface area contributed by atoms with Crippen molar-refractivity contribution in [3.63, 3.8) is 0 Å². The lowest BCUT2D eigenvalue weighted by atomic mass is 9.80. The number of aliphatic imine (C=N–C) groups is 1. The number of fused-ring (bicyclic) bond motifs is 1. The Kier molecular flexibility index (Phi) is 65.3. The van der Waals surface area contributed by atoms with E-state index in [0.29, 0.717) is 200 Å². The van der Waals surface area contributed by atoms with Gasteiger partial charge in [-0.25, -0.2) is 0 Å². The quantitative estimate of drug-likeness (QED) is 0.0164. The number of Topliss-reactive ketones (excluding diaryl/α,β-unsaturated/α-hetero) is 2. The number of guanidine groups is 1. The second kappa shape index (κ2) is 66.9. The number of cyclic esters (lactones) is 3. The maximum atomic E-state index is 11.7. The minimum Gasteiger partial charge on any atom is -0.466 e. The van der Waals surface area contributed by atoms with E-state index in [4.69, 9.17) is 66.9 Å². The van der Waals surface area contributed by atoms with Gasteiger partial charge in [-0.05, 0) is 227 Å². The van der Waals surface area contributed by atoms with Crippen molar-refractivity contribution in [1.29, 1.82) is 0 Å². The first-order valence-electron chi connectivity index (χ1n) is 43.6. The Morgan fingerprint density at radius 3 is 1.13 bits per heavy atom. The molecule has 0 spiro atoms. The Balaban J connectivity index is 0. The fourth-order valence-corrected chi connectivity index (χ4v) is 14.9. The molecule has 0 aromatic heterocycles. The SMILES string of the molecule is C1CN=C2NCCCN2C1.CC(=O)CCC(CCO)C(CCO)CCC(C)=O.CC(C)(C)[Si](C)(C)OCCCO.CC(C)(C)[Si](C)(C)OCCCOC(=O)CCCCOC(=O)CCCCO.COCCCCC(=O)OCCCCC(=O)OCCCO[Si](C)(C)C(C)(C)C.O=C1CCC(C2CCOC(=O)CC2)CCO1.O=C1CCCCO1. The van der Waals surface area contributed by atoms with Gasteiger partial charge in [-0.15, -0.1) is 0 Å². The summed E-state index contributed by atoms with van der Waals surface area (Å²) in [5.41, 5.74) is 0. The van der Waals surface area contributed by atoms with E-state index >= 15 is 0 Å². The predicted octanol–water partition coefficient (Wildman–Crippen LogP) is 14.8. The van der Waals surface area contributed by atoms with Crippen molar-refractivity contribution in [1.82, 2.24) is 10.2 Å². The molecule has 30 heteroatoms. The summed E-state index contributed by atoms with van der Waals surface area (Å²) in [5.74, 6) is 1.84. The van der Waals surface area contributed by atoms with E-state index in [-0.39, 0.29) is 107 Å². The third-order valence-corrected chi connectivity index (χ3v) is 35.8. The first-order valence-corrected chi connectivity index (χ1v) is 52.3. The van der Waals surface area contributed by atoms with Crippen LogP contribution in [0.15, 0.2) is 4.99 Å². The molecule has 0 saturated carbocycles. The maximum Gasteiger partial charge on any atom is 0.305 e. The van der Waals surface area contributed by atoms with Crippen LogP contribution in [0.5, 0.6) is 0 Å². The fraction of sp³-hybridized carbons (Fsp3) is 0.884. The van der Waals surface area contributed by atoms with Gasteiger partial charge in [0.25, 0.3) is 0 Å². The molecule has 0 aliphatic carbocycles. The highest BCUT2D eigenvalue weighted by Crippen LogP contribution is 2.39. The number of aliphatic hydroxyl groups excluding tert-OH is 4. The monoisotopic (exact) mass is 1710 g/mol. The van der Waals surface area contributed by atoms with E-state index in [1.165, 1.54) is 25.9 Å². The topological polar surface area (TPSA) is 364 Å². The summed E-state index contributed by atoms with van der Waals surface area (Å²) in [6, 6.07) is 0. The lowest BCUT2D eigenvalue weighted by Crippen LogP contribution is -2.49. The van der Waals surface area contributed by atoms with Crippen LogP contribution in [0.4, 0.5) is 0 Å². The van der Waals surface area contributed by atoms with Crippen molar-refractivity contribution in [3.05, 3.63) is 0 Å². The van der Waals surface area contributed by atoms with E-state index in [9.17, 15) is 43.2 Å². The van der Waals surface area contributed by atoms with Crippen molar-refractivity contribution in [2.45, 2.75) is 336 Å². The molecular formula is C86H165N3O24Si3. The fourth-order valence-electron chi connectivity index (χ4n) is 11.6. The minimum atomic E-state index is -1.73. The Morgan fingerprint density at radius 1 is 0.431 bits per heavy atom. The number of hydrogen-bond donors (Lipinski definition) is 5. The van der Waals surface area contributed by atoms with Gasteiger partial charge in [0.05, 0.1) is 46.2 Å². The number of ether oxygens (including phenoxy) is 8. The van der Waals surface area contributed by atoms with Gasteiger partial charge in [0.15, 0.2) is 30.9 Å². The third-order valence-electron chi connectivity index (χ3n) is 22.1. The van der Waals surface area contributed by atoms with Gasteiger partial charge in [0.2, 0.25) is 0 Å². The van der Waals surface area contributed by atoms with E-state index in [0.717, 1.165) is 96.1 Å². The summed E-state index contributed by atoms with van der Waals surface area (Å²) >= 11 is 0. The molecule has 0 aromatic rings. The molecule has 0 bridgehead atoms. The third kappa shape index (κ3) is 60.7. The van der Waals surface area contributed by atoms with E-state index in [1.54, 1.807) is 21.0 Å². The Morgan fingerprint density at radius 2 is 0.793 bits per heavy atom. The Hall–Kier alpha value is -4.77. The normalized spacial score (nSPS) is 17.0. The van der Waals surface area contributed by atoms with Crippen LogP contribution < -0.4 is 5.32 Å². The minimum absolute atomic E-state index is 0.0359. The summed E-state index contributed by atoms with van der Waals surface area (Å²) in [7, 11) is -3.36. The number of nitrogens with zero attached hydrogens (tertiary/aromatic N) is 2. The maximum absolute atomic E-state index is 11.7. The van der Waals surface area contributed by atoms with Crippen molar-refractivity contribution in [2.75, 3.05) is 132 Å². The molecule has 4 unspecified atom stereocenters. The van der Waals surface area contributed by atoms with Crippen molar-refractivity contribution >= 4 is 84.3 Å². The van der Waals surface area contributed by atoms with E-state index in [2.05, 4.69) is 122 Å². The van der Waals surface area contributed by atoms with Crippen LogP contribution in [0.2, 0.25) is 54.4 Å². The Bertz CT molecular complexity index is 2600. The molecule has 0 radical (unpaired) electrons. The molecule has 5 heterocycles. The van der Waals surface area contributed by atoms with Crippen LogP contribution in [-0.2, 0) is 94.3 Å². The molecule has 5 rings (SSSR count). The van der Waals surface area contributed by atoms with Gasteiger partial charge in [-0.3, -0.25) is 38.6 Å². The highest BCUT2D eigenvalue weighted by Gasteiger charge is 2.39. The molecule has 5 aliphatic rings. The molecular weight excluding hydrogens is 1540 g/mol. The van der Waals surface area contributed by atoms with Crippen LogP contribution in [0.25, 0.3) is 0 Å². The second-order valence-electron chi connectivity index (χ2n) is 35.2. The molecule has 116 heavy (non-hydrogen) atoms. The van der Waals surface area contributed by atoms with Gasteiger partial charge in [-0.1, -0.05) is 62.3 Å². The number of aliphatic hydroxyl groups is 4. The summed E-state index contributed by atoms with van der Waals surface area (Å²) in [5, 5.41) is 39.4. The standard InChI is InChI=1S/C20H40O6Si.C19H38O6Si.C14H26O4.C12H18O4.C9H22O2Si.C7H13N3.C5H8O2/c1-20(2,3)27(5,6)26-17-11-16-25-19(22)13-8-10-15-24-18(21)12-7-9-14-23-4;1-19(2,3)26(4,5)25-16-10-15-24-18(22)12-7-9-14-23-17(21)11-6-8-13-20;1-11(17)3-5-13(7-9-15)14(8-10-16)6-4-12(2)18;13-11-3-1-9(5-7-15-11)10-2-4-12(14)16-8-6-10;1-9(2,3)12(4,5)11-8-6-7-10;1-3-8-7-9-4-2-6-10(7)5-1;6-5-3-1-2-4-7-5/h7-17H2,1-6H3;20H,6-16H2,1-5H3;13-16H,3-10H2,1-2H3;9-10H,1-8H2;10H,6-8H2,1-5H3;1-6H2,(H,8,9);1-4H2. The van der Waals surface area contributed by atoms with Gasteiger partial charge < -0.3 is 91.4 Å². The van der Waals surface area contributed by atoms with Crippen molar-refractivity contribution in [2.24, 2.45) is 28.7 Å². The molecule has 4 atom stereocenters. The summed E-state index contributed by atoms with van der Waals surface area (Å²) in [6.07, 6.45) is 22.8. The number of methoxy groups -OCH3 is 1. The van der Waals surface area contributed by atoms with Gasteiger partial charge >= 0.3 is 41.8 Å². The predicted molar refractivity (Wildman–Crippen MR) is 461 cm³/mol. The molecule has 5 N–H and O–H groups in total. The highest BCUT2D eigenvalue weighted by molar-refractivity contribution is 6.74. The summed E-state index contributed by atoms with van der Waals surface area (Å²) < 4.78 is 58.1. The van der Waals surface area contributed by atoms with E-state index < -0.39 is 25.0 Å². The number of hydrogen-bond acceptors (Lipinski definition) is 27. The average Bonchev–Trinajstić information content (AvgIpc) is 1.02. The van der Waals surface area contributed by atoms with Gasteiger partial charge in [-0.2, -0.15) is 0 Å². The number of unbranched alkanes of at least 4 members (excludes halogenated alkanes) is 4. The number of carbonyl (C=O) groups excluding carboxylic acids is 9. The number of ketones is 2. The smallest absolute Gasteiger partial charge is 0.305 e. The zero-order valence-electron chi connectivity index (χ0n) is 75.7. The molecule has 5 aliphatic heterocycles. The summed E-state index contributed by atoms with van der Waals surface area (Å²) in [4.78, 5) is 107. The molecule has 27 nitrogen and oxygen atoms in total. The molecule has 680 valence electrons. The summed E-state index contributed by atoms with van der Waals surface area (Å²) in [6.45, 7) is 47.1. The number of carbonyl (C=O) groups is 9. The molecule has 0 aromatic carbocycles. The second-order valence-corrected chi connectivity index (χ2v) is 49.6. The first kappa shape index (κ1) is 113. The molecule has 4 saturated heterocycles. The van der Waals surface area contributed by atoms with Gasteiger partial charge in [0, 0.05) is 157 Å². The lowest BCUT2D eigenvalue weighted by molar-refractivity contribution is -0.147. The van der Waals surface area contributed by atoms with Crippen molar-refractivity contribution in [3.8, 4) is 0 Å². The largest absolute Gasteiger partial charge is 0.466 e. The van der Waals surface area contributed by atoms with Gasteiger partial charge in [0.1, 0.15) is 11.6 Å². The average molecular weight is 1710 g/mol. The van der Waals surface area contributed by atoms with E-state index in [1.807, 2.05) is 0 Å². The van der Waals surface area contributed by atoms with Crippen LogP contribution in [0.3, 0.4) is 0 Å².